The van der Waals surface area contributed by atoms with E-state index in [0.29, 0.717) is 0 Å². The molecule has 1 aliphatic rings. The first-order valence-electron chi connectivity index (χ1n) is 5.74. The van der Waals surface area contributed by atoms with Gasteiger partial charge in [0.05, 0.1) is 12.0 Å². The molecular formula is C12H19N3. The molecule has 0 amide bonds. The van der Waals surface area contributed by atoms with Crippen LogP contribution >= 0.6 is 0 Å². The zero-order chi connectivity index (χ0) is 10.5. The highest BCUT2D eigenvalue weighted by Gasteiger charge is 2.24. The maximum atomic E-state index is 4.21. The first-order chi connectivity index (χ1) is 7.42. The van der Waals surface area contributed by atoms with E-state index in [4.69, 9.17) is 0 Å². The molecule has 1 fully saturated rings. The smallest absolute Gasteiger partial charge is 0.0951 e. The quantitative estimate of drug-likeness (QED) is 0.570. The zero-order valence-electron chi connectivity index (χ0n) is 9.32. The van der Waals surface area contributed by atoms with Crippen molar-refractivity contribution in [2.24, 2.45) is 0 Å². The van der Waals surface area contributed by atoms with Crippen molar-refractivity contribution in [1.29, 1.82) is 0 Å². The van der Waals surface area contributed by atoms with E-state index in [1.807, 2.05) is 12.5 Å². The lowest BCUT2D eigenvalue weighted by atomic mass is 10.3. The molecule has 0 radical (unpaired) electrons. The molecule has 0 aromatic carbocycles. The van der Waals surface area contributed by atoms with Gasteiger partial charge in [0.1, 0.15) is 0 Å². The Morgan fingerprint density at radius 2 is 2.47 bits per heavy atom. The molecule has 82 valence electrons. The first kappa shape index (κ1) is 10.4. The number of hydrogen-bond acceptors (Lipinski definition) is 2. The van der Waals surface area contributed by atoms with Gasteiger partial charge in [-0.25, -0.2) is 4.98 Å². The van der Waals surface area contributed by atoms with E-state index in [1.54, 1.807) is 0 Å². The first-order valence-corrected chi connectivity index (χ1v) is 5.74. The van der Waals surface area contributed by atoms with E-state index < -0.39 is 0 Å². The van der Waals surface area contributed by atoms with Crippen LogP contribution in [-0.4, -0.2) is 16.1 Å². The lowest BCUT2D eigenvalue weighted by Gasteiger charge is -2.06. The van der Waals surface area contributed by atoms with Crippen LogP contribution in [0.1, 0.15) is 37.9 Å². The van der Waals surface area contributed by atoms with Crippen molar-refractivity contribution < 1.29 is 0 Å². The molecule has 1 aromatic heterocycles. The van der Waals surface area contributed by atoms with Gasteiger partial charge in [-0.05, 0) is 32.7 Å². The number of aromatic nitrogens is 2. The third kappa shape index (κ3) is 2.93. The Morgan fingerprint density at radius 1 is 1.60 bits per heavy atom. The second kappa shape index (κ2) is 5.12. The molecule has 15 heavy (non-hydrogen) atoms. The van der Waals surface area contributed by atoms with Crippen molar-refractivity contribution in [3.8, 4) is 0 Å². The fourth-order valence-electron chi connectivity index (χ4n) is 1.72. The van der Waals surface area contributed by atoms with E-state index in [1.165, 1.54) is 18.5 Å². The Kier molecular flexibility index (Phi) is 3.56. The molecule has 1 aliphatic carbocycles. The fourth-order valence-corrected chi connectivity index (χ4v) is 1.72. The topological polar surface area (TPSA) is 29.9 Å². The summed E-state index contributed by atoms with van der Waals surface area (Å²) < 4.78 is 2.31. The van der Waals surface area contributed by atoms with Gasteiger partial charge in [0, 0.05) is 18.8 Å². The predicted octanol–water partition coefficient (Wildman–Crippen LogP) is 2.27. The van der Waals surface area contributed by atoms with Gasteiger partial charge in [0.25, 0.3) is 0 Å². The molecule has 0 atom stereocenters. The largest absolute Gasteiger partial charge is 0.330 e. The minimum Gasteiger partial charge on any atom is -0.330 e. The third-order valence-electron chi connectivity index (χ3n) is 2.72. The van der Waals surface area contributed by atoms with Crippen LogP contribution in [0.15, 0.2) is 24.7 Å². The van der Waals surface area contributed by atoms with E-state index in [-0.39, 0.29) is 0 Å². The van der Waals surface area contributed by atoms with Crippen LogP contribution < -0.4 is 5.32 Å². The SMILES string of the molecule is C/C=C/CCNCc1cncn1C1CC1. The van der Waals surface area contributed by atoms with E-state index in [9.17, 15) is 0 Å². The van der Waals surface area contributed by atoms with Gasteiger partial charge in [-0.1, -0.05) is 12.2 Å². The van der Waals surface area contributed by atoms with Crippen molar-refractivity contribution in [1.82, 2.24) is 14.9 Å². The summed E-state index contributed by atoms with van der Waals surface area (Å²) in [5.74, 6) is 0. The van der Waals surface area contributed by atoms with Gasteiger partial charge >= 0.3 is 0 Å². The van der Waals surface area contributed by atoms with Gasteiger partial charge in [0.15, 0.2) is 0 Å². The highest BCUT2D eigenvalue weighted by atomic mass is 15.1. The summed E-state index contributed by atoms with van der Waals surface area (Å²) in [5.41, 5.74) is 1.32. The van der Waals surface area contributed by atoms with Gasteiger partial charge in [-0.3, -0.25) is 0 Å². The van der Waals surface area contributed by atoms with E-state index in [2.05, 4.69) is 33.9 Å². The summed E-state index contributed by atoms with van der Waals surface area (Å²) in [6.07, 6.45) is 12.0. The Morgan fingerprint density at radius 3 is 3.20 bits per heavy atom. The van der Waals surface area contributed by atoms with E-state index >= 15 is 0 Å². The molecule has 0 bridgehead atoms. The number of nitrogens with zero attached hydrogens (tertiary/aromatic N) is 2. The monoisotopic (exact) mass is 205 g/mol. The van der Waals surface area contributed by atoms with Gasteiger partial charge < -0.3 is 9.88 Å². The van der Waals surface area contributed by atoms with E-state index in [0.717, 1.165) is 25.6 Å². The maximum absolute atomic E-state index is 4.21. The molecule has 0 spiro atoms. The van der Waals surface area contributed by atoms with Crippen molar-refractivity contribution >= 4 is 0 Å². The van der Waals surface area contributed by atoms with Gasteiger partial charge in [0.2, 0.25) is 0 Å². The second-order valence-electron chi connectivity index (χ2n) is 4.06. The van der Waals surface area contributed by atoms with Crippen LogP contribution in [0.25, 0.3) is 0 Å². The molecule has 2 rings (SSSR count). The summed E-state index contributed by atoms with van der Waals surface area (Å²) in [6.45, 7) is 4.04. The number of imidazole rings is 1. The maximum Gasteiger partial charge on any atom is 0.0951 e. The standard InChI is InChI=1S/C12H19N3/c1-2-3-4-7-13-8-12-9-14-10-15(12)11-5-6-11/h2-3,9-11,13H,4-8H2,1H3/b3-2+. The minimum atomic E-state index is 0.736. The average molecular weight is 205 g/mol. The summed E-state index contributed by atoms with van der Waals surface area (Å²) in [6, 6.07) is 0.736. The van der Waals surface area contributed by atoms with Gasteiger partial charge in [-0.15, -0.1) is 0 Å². The van der Waals surface area contributed by atoms with Crippen molar-refractivity contribution in [3.05, 3.63) is 30.4 Å². The van der Waals surface area contributed by atoms with Crippen molar-refractivity contribution in [2.45, 2.75) is 38.8 Å². The fraction of sp³-hybridized carbons (Fsp3) is 0.583. The molecule has 1 N–H and O–H groups in total. The molecule has 1 heterocycles. The van der Waals surface area contributed by atoms with Crippen molar-refractivity contribution in [2.75, 3.05) is 6.54 Å². The lowest BCUT2D eigenvalue weighted by Crippen LogP contribution is -2.16. The Labute approximate surface area is 91.2 Å². The van der Waals surface area contributed by atoms with Crippen LogP contribution in [0.3, 0.4) is 0 Å². The van der Waals surface area contributed by atoms with Crippen LogP contribution in [0.4, 0.5) is 0 Å². The summed E-state index contributed by atoms with van der Waals surface area (Å²) in [5, 5.41) is 3.43. The predicted molar refractivity (Wildman–Crippen MR) is 61.6 cm³/mol. The molecule has 1 saturated carbocycles. The number of rotatable bonds is 6. The third-order valence-corrected chi connectivity index (χ3v) is 2.72. The highest BCUT2D eigenvalue weighted by molar-refractivity contribution is 5.03. The summed E-state index contributed by atoms with van der Waals surface area (Å²) in [4.78, 5) is 4.21. The molecular weight excluding hydrogens is 186 g/mol. The number of allylic oxidation sites excluding steroid dienone is 1. The second-order valence-corrected chi connectivity index (χ2v) is 4.06. The number of hydrogen-bond donors (Lipinski definition) is 1. The summed E-state index contributed by atoms with van der Waals surface area (Å²) >= 11 is 0. The molecule has 3 nitrogen and oxygen atoms in total. The number of nitrogens with one attached hydrogen (secondary N) is 1. The molecule has 1 aromatic rings. The van der Waals surface area contributed by atoms with Crippen molar-refractivity contribution in [3.63, 3.8) is 0 Å². The van der Waals surface area contributed by atoms with Crippen LogP contribution in [0.2, 0.25) is 0 Å². The van der Waals surface area contributed by atoms with Crippen LogP contribution in [0.5, 0.6) is 0 Å². The lowest BCUT2D eigenvalue weighted by molar-refractivity contribution is 0.624. The Bertz CT molecular complexity index is 323. The molecule has 0 saturated heterocycles. The van der Waals surface area contributed by atoms with Gasteiger partial charge in [-0.2, -0.15) is 0 Å². The Balaban J connectivity index is 1.75. The summed E-state index contributed by atoms with van der Waals surface area (Å²) in [7, 11) is 0. The molecule has 0 unspecified atom stereocenters. The zero-order valence-corrected chi connectivity index (χ0v) is 9.32. The van der Waals surface area contributed by atoms with Crippen LogP contribution in [0, 0.1) is 0 Å². The normalized spacial score (nSPS) is 16.3. The average Bonchev–Trinajstić information content (AvgIpc) is 2.99. The Hall–Kier alpha value is -1.09. The minimum absolute atomic E-state index is 0.736. The highest BCUT2D eigenvalue weighted by Crippen LogP contribution is 2.35. The molecule has 0 aliphatic heterocycles. The van der Waals surface area contributed by atoms with Crippen LogP contribution in [-0.2, 0) is 6.54 Å². The molecule has 3 heteroatoms.